The van der Waals surface area contributed by atoms with Crippen LogP contribution >= 0.6 is 0 Å². The van der Waals surface area contributed by atoms with Crippen molar-refractivity contribution < 1.29 is 4.79 Å². The maximum Gasteiger partial charge on any atom is 0.242 e. The predicted molar refractivity (Wildman–Crippen MR) is 96.1 cm³/mol. The third-order valence-electron chi connectivity index (χ3n) is 6.62. The molecule has 26 heavy (non-hydrogen) atoms. The van der Waals surface area contributed by atoms with Crippen molar-refractivity contribution in [2.24, 2.45) is 5.92 Å². The molecular weight excluding hydrogens is 330 g/mol. The van der Waals surface area contributed by atoms with E-state index in [0.717, 1.165) is 69.9 Å². The number of piperidine rings is 2. The van der Waals surface area contributed by atoms with E-state index in [1.54, 1.807) is 0 Å². The maximum atomic E-state index is 13.5. The molecule has 3 fully saturated rings. The molecule has 1 aromatic heterocycles. The lowest BCUT2D eigenvalue weighted by Crippen LogP contribution is -2.52. The molecule has 5 rings (SSSR count). The van der Waals surface area contributed by atoms with Crippen LogP contribution in [0.3, 0.4) is 0 Å². The third kappa shape index (κ3) is 2.75. The smallest absolute Gasteiger partial charge is 0.242 e. The highest BCUT2D eigenvalue weighted by atomic mass is 16.2. The molecular formula is C18H29N7O. The number of nitrogens with zero attached hydrogens (tertiary/aromatic N) is 4. The van der Waals surface area contributed by atoms with E-state index >= 15 is 0 Å². The number of aryl methyl sites for hydroxylation is 1. The summed E-state index contributed by atoms with van der Waals surface area (Å²) < 4.78 is 2.28. The molecule has 0 aromatic carbocycles. The lowest BCUT2D eigenvalue weighted by atomic mass is 9.88. The fourth-order valence-electron chi connectivity index (χ4n) is 5.18. The fourth-order valence-corrected chi connectivity index (χ4v) is 5.18. The average Bonchev–Trinajstić information content (AvgIpc) is 3.32. The average molecular weight is 359 g/mol. The van der Waals surface area contributed by atoms with Crippen LogP contribution in [0.2, 0.25) is 0 Å². The van der Waals surface area contributed by atoms with Crippen molar-refractivity contribution >= 4 is 5.91 Å². The molecule has 1 aromatic rings. The van der Waals surface area contributed by atoms with Gasteiger partial charge in [-0.2, -0.15) is 0 Å². The van der Waals surface area contributed by atoms with E-state index in [1.807, 2.05) is 0 Å². The molecule has 0 aliphatic carbocycles. The van der Waals surface area contributed by atoms with Crippen molar-refractivity contribution in [2.75, 3.05) is 19.6 Å². The molecule has 1 amide bonds. The van der Waals surface area contributed by atoms with E-state index in [2.05, 4.69) is 35.8 Å². The standard InChI is InChI=1S/C18H29N7O/c26-18(16-12-11-19-8-7-13(12)20-22-16)24-9-3-1-5-14(24)17-23-21-15-6-2-4-10-25(15)17/h12-14,16,19-20,22H,1-11H2. The van der Waals surface area contributed by atoms with Gasteiger partial charge in [-0.25, -0.2) is 5.43 Å². The Bertz CT molecular complexity index is 674. The molecule has 4 atom stereocenters. The van der Waals surface area contributed by atoms with Crippen LogP contribution in [0.1, 0.15) is 56.2 Å². The van der Waals surface area contributed by atoms with Crippen LogP contribution in [0.25, 0.3) is 0 Å². The molecule has 5 heterocycles. The minimum atomic E-state index is -0.142. The molecule has 0 spiro atoms. The molecule has 4 aliphatic rings. The van der Waals surface area contributed by atoms with E-state index in [-0.39, 0.29) is 18.0 Å². The molecule has 4 aliphatic heterocycles. The second-order valence-corrected chi connectivity index (χ2v) is 8.16. The molecule has 0 bridgehead atoms. The molecule has 0 saturated carbocycles. The first-order valence-corrected chi connectivity index (χ1v) is 10.3. The lowest BCUT2D eigenvalue weighted by Gasteiger charge is -2.38. The second kappa shape index (κ2) is 6.90. The first-order chi connectivity index (χ1) is 12.8. The zero-order valence-corrected chi connectivity index (χ0v) is 15.3. The van der Waals surface area contributed by atoms with Gasteiger partial charge in [0.25, 0.3) is 0 Å². The molecule has 4 unspecified atom stereocenters. The summed E-state index contributed by atoms with van der Waals surface area (Å²) in [7, 11) is 0. The van der Waals surface area contributed by atoms with Gasteiger partial charge in [0.05, 0.1) is 6.04 Å². The van der Waals surface area contributed by atoms with Crippen LogP contribution in [-0.4, -0.2) is 57.3 Å². The minimum Gasteiger partial charge on any atom is -0.331 e. The number of hydrogen-bond acceptors (Lipinski definition) is 6. The SMILES string of the molecule is O=C(C1NNC2CCNCC21)N1CCCCC1c1nnc2n1CCCC2. The van der Waals surface area contributed by atoms with E-state index in [0.29, 0.717) is 12.0 Å². The van der Waals surface area contributed by atoms with Crippen LogP contribution in [0.5, 0.6) is 0 Å². The third-order valence-corrected chi connectivity index (χ3v) is 6.62. The first kappa shape index (κ1) is 16.6. The molecule has 142 valence electrons. The summed E-state index contributed by atoms with van der Waals surface area (Å²) in [5, 5.41) is 12.4. The summed E-state index contributed by atoms with van der Waals surface area (Å²) >= 11 is 0. The number of carbonyl (C=O) groups excluding carboxylic acids is 1. The molecule has 3 N–H and O–H groups in total. The number of carbonyl (C=O) groups is 1. The van der Waals surface area contributed by atoms with Crippen LogP contribution in [0.4, 0.5) is 0 Å². The Morgan fingerprint density at radius 2 is 1.96 bits per heavy atom. The highest BCUT2D eigenvalue weighted by Crippen LogP contribution is 2.33. The number of nitrogens with one attached hydrogen (secondary N) is 3. The Morgan fingerprint density at radius 1 is 1.04 bits per heavy atom. The van der Waals surface area contributed by atoms with Gasteiger partial charge in [-0.05, 0) is 45.1 Å². The van der Waals surface area contributed by atoms with Gasteiger partial charge in [0.1, 0.15) is 11.9 Å². The second-order valence-electron chi connectivity index (χ2n) is 8.16. The van der Waals surface area contributed by atoms with E-state index in [1.165, 1.54) is 12.8 Å². The van der Waals surface area contributed by atoms with E-state index < -0.39 is 0 Å². The van der Waals surface area contributed by atoms with Crippen LogP contribution in [0, 0.1) is 5.92 Å². The number of aromatic nitrogens is 3. The fraction of sp³-hybridized carbons (Fsp3) is 0.833. The normalized spacial score (nSPS) is 34.4. The summed E-state index contributed by atoms with van der Waals surface area (Å²) in [6.07, 6.45) is 7.69. The van der Waals surface area contributed by atoms with Gasteiger partial charge in [0, 0.05) is 38.0 Å². The molecule has 0 radical (unpaired) electrons. The lowest BCUT2D eigenvalue weighted by molar-refractivity contribution is -0.138. The Balaban J connectivity index is 1.40. The zero-order chi connectivity index (χ0) is 17.5. The first-order valence-electron chi connectivity index (χ1n) is 10.3. The minimum absolute atomic E-state index is 0.0769. The Labute approximate surface area is 154 Å². The van der Waals surface area contributed by atoms with Gasteiger partial charge in [0.2, 0.25) is 5.91 Å². The molecule has 8 nitrogen and oxygen atoms in total. The van der Waals surface area contributed by atoms with Crippen molar-refractivity contribution in [3.05, 3.63) is 11.6 Å². The Morgan fingerprint density at radius 3 is 2.92 bits per heavy atom. The number of rotatable bonds is 2. The van der Waals surface area contributed by atoms with Gasteiger partial charge < -0.3 is 14.8 Å². The van der Waals surface area contributed by atoms with Gasteiger partial charge in [-0.1, -0.05) is 0 Å². The van der Waals surface area contributed by atoms with Crippen molar-refractivity contribution in [2.45, 2.75) is 69.6 Å². The van der Waals surface area contributed by atoms with Gasteiger partial charge in [-0.15, -0.1) is 10.2 Å². The summed E-state index contributed by atoms with van der Waals surface area (Å²) in [4.78, 5) is 15.6. The van der Waals surface area contributed by atoms with Crippen LogP contribution in [-0.2, 0) is 17.8 Å². The Hall–Kier alpha value is -1.51. The number of likely N-dealkylation sites (tertiary alicyclic amines) is 1. The summed E-state index contributed by atoms with van der Waals surface area (Å²) in [6.45, 7) is 3.75. The number of hydrogen-bond donors (Lipinski definition) is 3. The predicted octanol–water partition coefficient (Wildman–Crippen LogP) is 0.123. The number of fused-ring (bicyclic) bond motifs is 2. The molecule has 3 saturated heterocycles. The van der Waals surface area contributed by atoms with Crippen molar-refractivity contribution in [1.82, 2.24) is 35.8 Å². The van der Waals surface area contributed by atoms with Gasteiger partial charge in [0.15, 0.2) is 5.82 Å². The van der Waals surface area contributed by atoms with Gasteiger partial charge in [-0.3, -0.25) is 10.2 Å². The Kier molecular flexibility index (Phi) is 4.42. The monoisotopic (exact) mass is 359 g/mol. The van der Waals surface area contributed by atoms with Crippen LogP contribution < -0.4 is 16.2 Å². The van der Waals surface area contributed by atoms with Crippen LogP contribution in [0.15, 0.2) is 0 Å². The largest absolute Gasteiger partial charge is 0.331 e. The summed E-state index contributed by atoms with van der Waals surface area (Å²) in [5.74, 6) is 2.66. The quantitative estimate of drug-likeness (QED) is 0.695. The van der Waals surface area contributed by atoms with Crippen molar-refractivity contribution in [3.63, 3.8) is 0 Å². The number of amides is 1. The van der Waals surface area contributed by atoms with E-state index in [4.69, 9.17) is 0 Å². The zero-order valence-electron chi connectivity index (χ0n) is 15.3. The highest BCUT2D eigenvalue weighted by Gasteiger charge is 2.45. The van der Waals surface area contributed by atoms with E-state index in [9.17, 15) is 4.79 Å². The van der Waals surface area contributed by atoms with Crippen molar-refractivity contribution in [3.8, 4) is 0 Å². The summed E-state index contributed by atoms with van der Waals surface area (Å²) in [5.41, 5.74) is 6.66. The highest BCUT2D eigenvalue weighted by molar-refractivity contribution is 5.83. The topological polar surface area (TPSA) is 87.1 Å². The molecule has 8 heteroatoms. The summed E-state index contributed by atoms with van der Waals surface area (Å²) in [6, 6.07) is 0.333. The van der Waals surface area contributed by atoms with Crippen molar-refractivity contribution in [1.29, 1.82) is 0 Å². The maximum absolute atomic E-state index is 13.5. The van der Waals surface area contributed by atoms with Gasteiger partial charge >= 0.3 is 0 Å². The number of hydrazine groups is 1.